The van der Waals surface area contributed by atoms with E-state index in [0.717, 1.165) is 26.0 Å². The highest BCUT2D eigenvalue weighted by molar-refractivity contribution is 5.88. The number of hydrogen-bond acceptors (Lipinski definition) is 4. The smallest absolute Gasteiger partial charge is 0.328 e. The summed E-state index contributed by atoms with van der Waals surface area (Å²) in [4.78, 5) is 20.4. The van der Waals surface area contributed by atoms with Crippen LogP contribution in [-0.2, 0) is 27.2 Å². The Labute approximate surface area is 177 Å². The Morgan fingerprint density at radius 2 is 1.57 bits per heavy atom. The highest BCUT2D eigenvalue weighted by atomic mass is 16.5. The first-order chi connectivity index (χ1) is 14.4. The second-order valence-electron chi connectivity index (χ2n) is 7.45. The van der Waals surface area contributed by atoms with Gasteiger partial charge in [-0.1, -0.05) is 48.5 Å². The van der Waals surface area contributed by atoms with E-state index in [0.29, 0.717) is 12.2 Å². The fraction of sp³-hybridized carbons (Fsp3) is 0.333. The molecular weight excluding hydrogens is 382 g/mol. The van der Waals surface area contributed by atoms with Gasteiger partial charge in [0.1, 0.15) is 12.6 Å². The van der Waals surface area contributed by atoms with Gasteiger partial charge in [-0.2, -0.15) is 0 Å². The van der Waals surface area contributed by atoms with Crippen molar-refractivity contribution in [1.29, 1.82) is 0 Å². The summed E-state index contributed by atoms with van der Waals surface area (Å²) in [5, 5.41) is 17.2. The minimum atomic E-state index is -1.51. The van der Waals surface area contributed by atoms with Crippen LogP contribution in [-0.4, -0.2) is 44.3 Å². The molecule has 2 aromatic rings. The van der Waals surface area contributed by atoms with Crippen molar-refractivity contribution >= 4 is 11.9 Å². The first kappa shape index (κ1) is 23.3. The van der Waals surface area contributed by atoms with Crippen LogP contribution in [0.15, 0.2) is 60.7 Å². The number of aryl methyl sites for hydroxylation is 2. The largest absolute Gasteiger partial charge is 0.545 e. The molecule has 2 N–H and O–H groups in total. The maximum atomic E-state index is 9.53. The van der Waals surface area contributed by atoms with E-state index >= 15 is 0 Å². The van der Waals surface area contributed by atoms with Gasteiger partial charge in [0.05, 0.1) is 26.7 Å². The summed E-state index contributed by atoms with van der Waals surface area (Å²) in [5.74, 6) is -2.80. The predicted molar refractivity (Wildman–Crippen MR) is 112 cm³/mol. The average Bonchev–Trinajstić information content (AvgIpc) is 2.70. The number of rotatable bonds is 6. The lowest BCUT2D eigenvalue weighted by molar-refractivity contribution is -0.858. The van der Waals surface area contributed by atoms with Gasteiger partial charge >= 0.3 is 5.97 Å². The van der Waals surface area contributed by atoms with Crippen LogP contribution in [0.4, 0.5) is 0 Å². The van der Waals surface area contributed by atoms with E-state index in [1.165, 1.54) is 33.6 Å². The molecule has 30 heavy (non-hydrogen) atoms. The highest BCUT2D eigenvalue weighted by Crippen LogP contribution is 2.34. The molecular formula is C24H29NO5. The summed E-state index contributed by atoms with van der Waals surface area (Å²) in [6, 6.07) is 17.6. The Balaban J connectivity index is 0.000000343. The van der Waals surface area contributed by atoms with Crippen LogP contribution >= 0.6 is 0 Å². The first-order valence-corrected chi connectivity index (χ1v) is 10.1. The SMILES string of the molecule is C[NH+](C)CCOC1c2ccccc2CCCc2ccccc21.O=C([O-])/C=C\C(=O)O. The van der Waals surface area contributed by atoms with Crippen molar-refractivity contribution < 1.29 is 29.4 Å². The Hall–Kier alpha value is -2.96. The number of quaternary nitrogens is 1. The fourth-order valence-electron chi connectivity index (χ4n) is 3.37. The zero-order valence-electron chi connectivity index (χ0n) is 17.5. The van der Waals surface area contributed by atoms with Crippen LogP contribution in [0.25, 0.3) is 0 Å². The van der Waals surface area contributed by atoms with Crippen molar-refractivity contribution in [2.75, 3.05) is 27.2 Å². The van der Waals surface area contributed by atoms with E-state index in [1.807, 2.05) is 0 Å². The van der Waals surface area contributed by atoms with Crippen LogP contribution in [0.1, 0.15) is 34.8 Å². The number of benzene rings is 2. The molecule has 0 saturated heterocycles. The van der Waals surface area contributed by atoms with Crippen molar-refractivity contribution in [2.45, 2.75) is 25.4 Å². The second kappa shape index (κ2) is 11.9. The third-order valence-corrected chi connectivity index (χ3v) is 4.82. The fourth-order valence-corrected chi connectivity index (χ4v) is 3.37. The van der Waals surface area contributed by atoms with E-state index in [-0.39, 0.29) is 6.10 Å². The number of carboxylic acid groups (broad SMARTS) is 2. The molecule has 0 heterocycles. The number of carbonyl (C=O) groups excluding carboxylic acids is 1. The van der Waals surface area contributed by atoms with Gasteiger partial charge in [-0.15, -0.1) is 0 Å². The molecule has 2 aromatic carbocycles. The monoisotopic (exact) mass is 411 g/mol. The van der Waals surface area contributed by atoms with Gasteiger partial charge < -0.3 is 24.6 Å². The topological polar surface area (TPSA) is 91.1 Å². The summed E-state index contributed by atoms with van der Waals surface area (Å²) in [5.41, 5.74) is 5.59. The number of carboxylic acids is 2. The van der Waals surface area contributed by atoms with Crippen LogP contribution < -0.4 is 10.0 Å². The lowest BCUT2D eigenvalue weighted by Crippen LogP contribution is -3.06. The zero-order valence-corrected chi connectivity index (χ0v) is 17.5. The molecule has 6 heteroatoms. The molecule has 0 aromatic heterocycles. The molecule has 6 nitrogen and oxygen atoms in total. The number of aliphatic carboxylic acids is 2. The van der Waals surface area contributed by atoms with Gasteiger partial charge in [0.25, 0.3) is 0 Å². The molecule has 1 aliphatic rings. The minimum absolute atomic E-state index is 0.0760. The van der Waals surface area contributed by atoms with E-state index in [2.05, 4.69) is 62.6 Å². The zero-order chi connectivity index (χ0) is 21.9. The van der Waals surface area contributed by atoms with E-state index < -0.39 is 11.9 Å². The second-order valence-corrected chi connectivity index (χ2v) is 7.45. The van der Waals surface area contributed by atoms with Crippen LogP contribution in [0, 0.1) is 0 Å². The van der Waals surface area contributed by atoms with Crippen molar-refractivity contribution in [3.05, 3.63) is 82.9 Å². The Morgan fingerprint density at radius 3 is 2.00 bits per heavy atom. The number of ether oxygens (including phenoxy) is 1. The molecule has 0 bridgehead atoms. The van der Waals surface area contributed by atoms with Gasteiger partial charge in [-0.3, -0.25) is 0 Å². The molecule has 0 atom stereocenters. The van der Waals surface area contributed by atoms with E-state index in [1.54, 1.807) is 0 Å². The van der Waals surface area contributed by atoms with E-state index in [9.17, 15) is 14.7 Å². The summed E-state index contributed by atoms with van der Waals surface area (Å²) in [7, 11) is 4.34. The number of likely N-dealkylation sites (N-methyl/N-ethyl adjacent to an activating group) is 1. The summed E-state index contributed by atoms with van der Waals surface area (Å²) < 4.78 is 6.36. The van der Waals surface area contributed by atoms with Gasteiger partial charge in [-0.25, -0.2) is 4.79 Å². The number of nitrogens with one attached hydrogen (secondary N) is 1. The van der Waals surface area contributed by atoms with Gasteiger partial charge in [0.2, 0.25) is 0 Å². The van der Waals surface area contributed by atoms with Crippen LogP contribution in [0.2, 0.25) is 0 Å². The molecule has 0 aliphatic heterocycles. The molecule has 0 fully saturated rings. The Bertz CT molecular complexity index is 812. The van der Waals surface area contributed by atoms with Crippen molar-refractivity contribution in [3.63, 3.8) is 0 Å². The quantitative estimate of drug-likeness (QED) is 0.687. The molecule has 3 rings (SSSR count). The third-order valence-electron chi connectivity index (χ3n) is 4.82. The lowest BCUT2D eigenvalue weighted by atomic mass is 9.87. The van der Waals surface area contributed by atoms with Crippen molar-refractivity contribution in [1.82, 2.24) is 0 Å². The summed E-state index contributed by atoms with van der Waals surface area (Å²) >= 11 is 0. The van der Waals surface area contributed by atoms with E-state index in [4.69, 9.17) is 9.84 Å². The van der Waals surface area contributed by atoms with Gasteiger partial charge in [-0.05, 0) is 47.6 Å². The van der Waals surface area contributed by atoms with Crippen LogP contribution in [0.3, 0.4) is 0 Å². The van der Waals surface area contributed by atoms with Gasteiger partial charge in [0, 0.05) is 6.08 Å². The standard InChI is InChI=1S/C20H25NO.C4H4O4/c1-21(2)14-15-22-20-18-12-5-3-8-16(18)10-7-11-17-9-4-6-13-19(17)20;5-3(6)1-2-4(7)8/h3-6,8-9,12-13,20H,7,10-11,14-15H2,1-2H3;1-2H,(H,5,6)(H,7,8)/b;2-1-. The Morgan fingerprint density at radius 1 is 1.03 bits per heavy atom. The predicted octanol–water partition coefficient (Wildman–Crippen LogP) is 0.803. The van der Waals surface area contributed by atoms with Gasteiger partial charge in [0.15, 0.2) is 0 Å². The molecule has 0 amide bonds. The average molecular weight is 411 g/mol. The summed E-state index contributed by atoms with van der Waals surface area (Å²) in [6.45, 7) is 1.82. The highest BCUT2D eigenvalue weighted by Gasteiger charge is 2.22. The normalized spacial score (nSPS) is 13.6. The van der Waals surface area contributed by atoms with Crippen LogP contribution in [0.5, 0.6) is 0 Å². The molecule has 0 radical (unpaired) electrons. The number of hydrogen-bond donors (Lipinski definition) is 2. The van der Waals surface area contributed by atoms with Crippen molar-refractivity contribution in [2.24, 2.45) is 0 Å². The first-order valence-electron chi connectivity index (χ1n) is 10.1. The number of fused-ring (bicyclic) bond motifs is 2. The molecule has 0 saturated carbocycles. The summed E-state index contributed by atoms with van der Waals surface area (Å²) in [6.07, 6.45) is 4.51. The Kier molecular flexibility index (Phi) is 9.25. The minimum Gasteiger partial charge on any atom is -0.545 e. The van der Waals surface area contributed by atoms with Crippen molar-refractivity contribution in [3.8, 4) is 0 Å². The lowest BCUT2D eigenvalue weighted by Gasteiger charge is -2.26. The molecule has 1 aliphatic carbocycles. The third kappa shape index (κ3) is 7.46. The molecule has 160 valence electrons. The maximum Gasteiger partial charge on any atom is 0.328 e. The number of carbonyl (C=O) groups is 2. The molecule has 0 spiro atoms. The maximum absolute atomic E-state index is 9.53. The molecule has 0 unspecified atom stereocenters.